The number of aromatic nitrogens is 3. The van der Waals surface area contributed by atoms with Gasteiger partial charge in [-0.25, -0.2) is 13.2 Å². The molecule has 2 aromatic carbocycles. The highest BCUT2D eigenvalue weighted by molar-refractivity contribution is 6.90. The van der Waals surface area contributed by atoms with Crippen molar-refractivity contribution in [2.75, 3.05) is 51.6 Å². The van der Waals surface area contributed by atoms with Crippen molar-refractivity contribution in [3.63, 3.8) is 0 Å². The van der Waals surface area contributed by atoms with E-state index in [0.29, 0.717) is 83.3 Å². The molecule has 0 bridgehead atoms. The first kappa shape index (κ1) is 37.3. The van der Waals surface area contributed by atoms with E-state index < -0.39 is 38.0 Å². The molecule has 2 aromatic heterocycles. The monoisotopic (exact) mass is 803 g/mol. The summed E-state index contributed by atoms with van der Waals surface area (Å²) < 4.78 is 90.5. The van der Waals surface area contributed by atoms with Gasteiger partial charge in [0.2, 0.25) is 0 Å². The summed E-state index contributed by atoms with van der Waals surface area (Å²) in [4.78, 5) is 17.9. The maximum atomic E-state index is 17.7. The number of methoxy groups -OCH3 is 1. The highest BCUT2D eigenvalue weighted by Crippen LogP contribution is 2.45. The van der Waals surface area contributed by atoms with Crippen LogP contribution in [0.25, 0.3) is 32.9 Å². The van der Waals surface area contributed by atoms with Gasteiger partial charge in [-0.2, -0.15) is 9.97 Å². The molecule has 1 aliphatic carbocycles. The summed E-state index contributed by atoms with van der Waals surface area (Å²) in [5.41, 5.74) is 3.43. The lowest BCUT2D eigenvalue weighted by molar-refractivity contribution is 0.0512. The van der Waals surface area contributed by atoms with E-state index in [1.807, 2.05) is 9.80 Å². The van der Waals surface area contributed by atoms with Crippen LogP contribution in [0.2, 0.25) is 16.6 Å². The average molecular weight is 804 g/mol. The van der Waals surface area contributed by atoms with Crippen LogP contribution in [0.4, 0.5) is 19.0 Å². The minimum Gasteiger partial charge on any atom is -0.468 e. The third kappa shape index (κ3) is 7.14. The fourth-order valence-electron chi connectivity index (χ4n) is 9.97. The van der Waals surface area contributed by atoms with Gasteiger partial charge in [-0.05, 0) is 72.4 Å². The van der Waals surface area contributed by atoms with Crippen LogP contribution in [0.1, 0.15) is 82.0 Å². The third-order valence-corrected chi connectivity index (χ3v) is 19.0. The molecule has 4 aliphatic rings. The van der Waals surface area contributed by atoms with E-state index in [0.717, 1.165) is 6.42 Å². The first-order valence-electron chi connectivity index (χ1n) is 21.4. The van der Waals surface area contributed by atoms with Gasteiger partial charge in [-0.3, -0.25) is 9.88 Å². The maximum Gasteiger partial charge on any atom is 0.319 e. The van der Waals surface area contributed by atoms with Crippen LogP contribution in [-0.2, 0) is 9.47 Å². The summed E-state index contributed by atoms with van der Waals surface area (Å²) >= 11 is 0. The molecule has 4 atom stereocenters. The van der Waals surface area contributed by atoms with Gasteiger partial charge in [-0.1, -0.05) is 53.5 Å². The number of benzene rings is 2. The lowest BCUT2D eigenvalue weighted by Gasteiger charge is -2.38. The quantitative estimate of drug-likeness (QED) is 0.0839. The van der Waals surface area contributed by atoms with Crippen molar-refractivity contribution < 1.29 is 34.9 Å². The van der Waals surface area contributed by atoms with Crippen molar-refractivity contribution >= 4 is 35.6 Å². The molecule has 304 valence electrons. The van der Waals surface area contributed by atoms with Gasteiger partial charge in [0.15, 0.2) is 12.6 Å². The normalized spacial score (nSPS) is 24.4. The summed E-state index contributed by atoms with van der Waals surface area (Å²) in [6.45, 7) is 12.5. The lowest BCUT2D eigenvalue weighted by Crippen LogP contribution is -2.43. The number of ether oxygens (including phenoxy) is 4. The Balaban J connectivity index is 1.34. The summed E-state index contributed by atoms with van der Waals surface area (Å²) in [5.74, 6) is 2.64. The summed E-state index contributed by atoms with van der Waals surface area (Å²) in [5, 5.41) is 1.25. The number of anilines is 1. The standard InChI is InChI=1S/C44H54F3N5O4Si/c1-26(2)57(27(3)4,28(5)6)17-12-32-35(46)11-10-29-18-31(56-25-53-7)19-33(38(29)32)40-39(47)41-34(22-48-40)42(52-15-9-16-54-37-20-36(37)52)50-43(49-41)55-24-44-13-8-14-51(44)23-30(45)21-44/h10-11,18-19,22,26-28,30,36-37H,8-9,13-16,20-21,23-25H2,1-7H3/t30-,36+,37-,44+/m1/s1/i24D2. The molecule has 0 N–H and O–H groups in total. The minimum atomic E-state index is -2.40. The van der Waals surface area contributed by atoms with Gasteiger partial charge in [0.05, 0.1) is 31.4 Å². The number of pyridine rings is 1. The molecule has 4 fully saturated rings. The third-order valence-electron chi connectivity index (χ3n) is 12.7. The van der Waals surface area contributed by atoms with Gasteiger partial charge in [0, 0.05) is 50.4 Å². The Bertz CT molecular complexity index is 2300. The smallest absolute Gasteiger partial charge is 0.319 e. The van der Waals surface area contributed by atoms with E-state index in [2.05, 4.69) is 58.0 Å². The van der Waals surface area contributed by atoms with E-state index in [4.69, 9.17) is 28.9 Å². The SMILES string of the molecule is [2H]C([2H])(Oc1nc(N2CCCO[C@@H]3C[C@@H]32)c2cnc(-c3cc(OCOC)cc4ccc(F)c(C#C[Si](C(C)C)(C(C)C)C(C)C)c34)c(F)c2n1)[C@@]12CCCN1C[C@H](F)C2. The van der Waals surface area contributed by atoms with Crippen LogP contribution in [0.5, 0.6) is 11.8 Å². The van der Waals surface area contributed by atoms with Gasteiger partial charge in [0.25, 0.3) is 0 Å². The summed E-state index contributed by atoms with van der Waals surface area (Å²) in [6, 6.07) is 5.97. The molecule has 57 heavy (non-hydrogen) atoms. The number of alkyl halides is 1. The van der Waals surface area contributed by atoms with Crippen molar-refractivity contribution in [2.45, 2.75) is 114 Å². The lowest BCUT2D eigenvalue weighted by atomic mass is 9.95. The number of hydrogen-bond acceptors (Lipinski definition) is 9. The van der Waals surface area contributed by atoms with E-state index in [-0.39, 0.29) is 60.3 Å². The zero-order valence-electron chi connectivity index (χ0n) is 35.9. The van der Waals surface area contributed by atoms with Crippen LogP contribution in [-0.4, -0.2) is 98.5 Å². The average Bonchev–Trinajstić information content (AvgIpc) is 3.76. The van der Waals surface area contributed by atoms with Crippen LogP contribution in [0.15, 0.2) is 30.5 Å². The Morgan fingerprint density at radius 1 is 1.05 bits per heavy atom. The van der Waals surface area contributed by atoms with Crippen molar-refractivity contribution in [1.29, 1.82) is 0 Å². The Morgan fingerprint density at radius 2 is 1.84 bits per heavy atom. The van der Waals surface area contributed by atoms with Gasteiger partial charge >= 0.3 is 6.01 Å². The number of rotatable bonds is 11. The molecule has 0 spiro atoms. The van der Waals surface area contributed by atoms with Crippen LogP contribution in [0.3, 0.4) is 0 Å². The zero-order valence-corrected chi connectivity index (χ0v) is 34.9. The Kier molecular flexibility index (Phi) is 10.3. The minimum absolute atomic E-state index is 0.0131. The maximum absolute atomic E-state index is 17.7. The van der Waals surface area contributed by atoms with Gasteiger partial charge in [-0.15, -0.1) is 5.54 Å². The molecule has 3 saturated heterocycles. The van der Waals surface area contributed by atoms with Crippen molar-refractivity contribution in [3.8, 4) is 34.5 Å². The fourth-order valence-corrected chi connectivity index (χ4v) is 15.2. The molecule has 13 heteroatoms. The highest BCUT2D eigenvalue weighted by atomic mass is 28.3. The molecule has 3 aliphatic heterocycles. The Morgan fingerprint density at radius 3 is 2.60 bits per heavy atom. The fraction of sp³-hybridized carbons (Fsp3) is 0.568. The second-order valence-corrected chi connectivity index (χ2v) is 22.6. The Labute approximate surface area is 337 Å². The predicted molar refractivity (Wildman–Crippen MR) is 219 cm³/mol. The zero-order chi connectivity index (χ0) is 42.0. The summed E-state index contributed by atoms with van der Waals surface area (Å²) in [7, 11) is -0.832. The Hall–Kier alpha value is -3.96. The number of hydrogen-bond donors (Lipinski definition) is 0. The van der Waals surface area contributed by atoms with Crippen LogP contribution < -0.4 is 14.4 Å². The van der Waals surface area contributed by atoms with Crippen molar-refractivity contribution in [3.05, 3.63) is 47.7 Å². The summed E-state index contributed by atoms with van der Waals surface area (Å²) in [6.07, 6.45) is 2.84. The number of halogens is 3. The van der Waals surface area contributed by atoms with E-state index in [9.17, 15) is 7.13 Å². The highest BCUT2D eigenvalue weighted by Gasteiger charge is 2.50. The van der Waals surface area contributed by atoms with Crippen LogP contribution >= 0.6 is 0 Å². The second-order valence-electron chi connectivity index (χ2n) is 17.0. The van der Waals surface area contributed by atoms with Gasteiger partial charge in [0.1, 0.15) is 49.4 Å². The first-order valence-corrected chi connectivity index (χ1v) is 22.6. The molecule has 0 amide bonds. The number of nitrogens with zero attached hydrogens (tertiary/aromatic N) is 5. The molecule has 0 radical (unpaired) electrons. The molecule has 0 unspecified atom stereocenters. The van der Waals surface area contributed by atoms with Crippen LogP contribution in [0, 0.1) is 23.1 Å². The van der Waals surface area contributed by atoms with E-state index >= 15 is 8.78 Å². The molecule has 1 saturated carbocycles. The predicted octanol–water partition coefficient (Wildman–Crippen LogP) is 9.00. The molecular weight excluding hydrogens is 748 g/mol. The molecule has 5 heterocycles. The largest absolute Gasteiger partial charge is 0.468 e. The number of fused-ring (bicyclic) bond motifs is 4. The van der Waals surface area contributed by atoms with E-state index in [1.54, 1.807) is 18.2 Å². The molecule has 8 rings (SSSR count). The van der Waals surface area contributed by atoms with Crippen molar-refractivity contribution in [2.24, 2.45) is 0 Å². The first-order chi connectivity index (χ1) is 28.1. The second kappa shape index (κ2) is 15.7. The van der Waals surface area contributed by atoms with Gasteiger partial charge < -0.3 is 23.8 Å². The topological polar surface area (TPSA) is 82.1 Å². The van der Waals surface area contributed by atoms with E-state index in [1.165, 1.54) is 19.4 Å². The molecular formula is C44H54F3N5O4Si. The molecule has 9 nitrogen and oxygen atoms in total. The molecule has 4 aromatic rings. The van der Waals surface area contributed by atoms with Crippen molar-refractivity contribution in [1.82, 2.24) is 19.9 Å².